The lowest BCUT2D eigenvalue weighted by atomic mass is 10.1. The molecule has 0 saturated heterocycles. The Bertz CT molecular complexity index is 934. The molecule has 0 atom stereocenters. The second-order valence-electron chi connectivity index (χ2n) is 7.71. The maximum absolute atomic E-state index is 12.4. The van der Waals surface area contributed by atoms with Gasteiger partial charge in [-0.25, -0.2) is 0 Å². The molecule has 1 heterocycles. The summed E-state index contributed by atoms with van der Waals surface area (Å²) >= 11 is 1.14. The fraction of sp³-hybridized carbons (Fsp3) is 0.500. The fourth-order valence-corrected chi connectivity index (χ4v) is 3.95. The predicted octanol–water partition coefficient (Wildman–Crippen LogP) is 6.49. The first-order valence-corrected chi connectivity index (χ1v) is 11.1. The van der Waals surface area contributed by atoms with E-state index in [9.17, 15) is 10.1 Å². The van der Waals surface area contributed by atoms with Gasteiger partial charge in [0.15, 0.2) is 5.00 Å². The van der Waals surface area contributed by atoms with Crippen molar-refractivity contribution in [3.05, 3.63) is 29.5 Å². The molecule has 0 saturated carbocycles. The summed E-state index contributed by atoms with van der Waals surface area (Å²) in [5.74, 6) is -0.0440. The van der Waals surface area contributed by atoms with E-state index in [0.717, 1.165) is 30.1 Å². The Morgan fingerprint density at radius 3 is 2.57 bits per heavy atom. The summed E-state index contributed by atoms with van der Waals surface area (Å²) in [6.07, 6.45) is 2.25. The van der Waals surface area contributed by atoms with Gasteiger partial charge in [-0.15, -0.1) is 10.2 Å². The third-order valence-corrected chi connectivity index (χ3v) is 5.45. The molecule has 30 heavy (non-hydrogen) atoms. The standard InChI is InChI=1S/C22H30N6OS/c1-7-8-9-21(29)24-20-12-17(28(14(2)3)15(4)5)10-11-19(20)25-26-22-18(13-23)16(6)27-30-22/h10-12,14-15H,7-9H2,1-6H3,(H,24,29). The number of amides is 1. The Kier molecular flexibility index (Phi) is 8.48. The summed E-state index contributed by atoms with van der Waals surface area (Å²) in [6, 6.07) is 8.51. The van der Waals surface area contributed by atoms with Gasteiger partial charge in [0.2, 0.25) is 5.91 Å². The van der Waals surface area contributed by atoms with Gasteiger partial charge < -0.3 is 10.2 Å². The largest absolute Gasteiger partial charge is 0.367 e. The SMILES string of the molecule is CCCCC(=O)Nc1cc(N(C(C)C)C(C)C)ccc1N=Nc1snc(C)c1C#N. The smallest absolute Gasteiger partial charge is 0.224 e. The van der Waals surface area contributed by atoms with Crippen LogP contribution in [0.1, 0.15) is 65.1 Å². The number of benzene rings is 1. The molecule has 1 amide bonds. The Morgan fingerprint density at radius 1 is 1.27 bits per heavy atom. The molecule has 1 N–H and O–H groups in total. The summed E-state index contributed by atoms with van der Waals surface area (Å²) in [6.45, 7) is 12.4. The lowest BCUT2D eigenvalue weighted by molar-refractivity contribution is -0.116. The summed E-state index contributed by atoms with van der Waals surface area (Å²) in [5.41, 5.74) is 3.24. The normalized spacial score (nSPS) is 11.3. The van der Waals surface area contributed by atoms with Crippen LogP contribution in [0.15, 0.2) is 28.4 Å². The van der Waals surface area contributed by atoms with Crippen molar-refractivity contribution in [3.8, 4) is 6.07 Å². The number of nitrogens with zero attached hydrogens (tertiary/aromatic N) is 5. The van der Waals surface area contributed by atoms with Crippen molar-refractivity contribution in [2.75, 3.05) is 10.2 Å². The average Bonchev–Trinajstić information content (AvgIpc) is 3.04. The number of hydrogen-bond donors (Lipinski definition) is 1. The van der Waals surface area contributed by atoms with Crippen LogP contribution in [-0.4, -0.2) is 22.4 Å². The van der Waals surface area contributed by atoms with Crippen molar-refractivity contribution in [2.45, 2.75) is 72.9 Å². The zero-order valence-electron chi connectivity index (χ0n) is 18.6. The Hall–Kier alpha value is -2.79. The highest BCUT2D eigenvalue weighted by Crippen LogP contribution is 2.35. The van der Waals surface area contributed by atoms with Crippen LogP contribution in [0.2, 0.25) is 0 Å². The van der Waals surface area contributed by atoms with Crippen LogP contribution in [0, 0.1) is 18.3 Å². The highest BCUT2D eigenvalue weighted by atomic mass is 32.1. The molecule has 0 spiro atoms. The summed E-state index contributed by atoms with van der Waals surface area (Å²) in [5, 5.41) is 21.3. The molecule has 0 bridgehead atoms. The molecular formula is C22H30N6OS. The van der Waals surface area contributed by atoms with Crippen LogP contribution in [0.3, 0.4) is 0 Å². The monoisotopic (exact) mass is 426 g/mol. The fourth-order valence-electron chi connectivity index (χ4n) is 3.27. The van der Waals surface area contributed by atoms with Crippen molar-refractivity contribution in [1.82, 2.24) is 4.37 Å². The predicted molar refractivity (Wildman–Crippen MR) is 123 cm³/mol. The van der Waals surface area contributed by atoms with Crippen LogP contribution in [0.4, 0.5) is 22.1 Å². The van der Waals surface area contributed by atoms with Crippen LogP contribution in [0.5, 0.6) is 0 Å². The number of anilines is 2. The molecule has 2 rings (SSSR count). The first kappa shape index (κ1) is 23.5. The van der Waals surface area contributed by atoms with Gasteiger partial charge in [-0.2, -0.15) is 9.64 Å². The zero-order chi connectivity index (χ0) is 22.3. The summed E-state index contributed by atoms with van der Waals surface area (Å²) in [4.78, 5) is 14.7. The second-order valence-corrected chi connectivity index (χ2v) is 8.46. The number of carbonyl (C=O) groups excluding carboxylic acids is 1. The van der Waals surface area contributed by atoms with Crippen molar-refractivity contribution < 1.29 is 4.79 Å². The molecule has 8 heteroatoms. The number of aromatic nitrogens is 1. The molecule has 0 aliphatic rings. The summed E-state index contributed by atoms with van der Waals surface area (Å²) < 4.78 is 4.17. The van der Waals surface area contributed by atoms with E-state index in [1.807, 2.05) is 18.2 Å². The highest BCUT2D eigenvalue weighted by Gasteiger charge is 2.17. The number of carbonyl (C=O) groups is 1. The average molecular weight is 427 g/mol. The van der Waals surface area contributed by atoms with Crippen LogP contribution >= 0.6 is 11.5 Å². The second kappa shape index (κ2) is 10.8. The number of aryl methyl sites for hydroxylation is 1. The van der Waals surface area contributed by atoms with E-state index in [2.05, 4.69) is 65.5 Å². The van der Waals surface area contributed by atoms with Gasteiger partial charge >= 0.3 is 0 Å². The van der Waals surface area contributed by atoms with Crippen molar-refractivity contribution in [1.29, 1.82) is 5.26 Å². The molecule has 7 nitrogen and oxygen atoms in total. The molecule has 1 aromatic heterocycles. The van der Waals surface area contributed by atoms with E-state index in [0.29, 0.717) is 46.1 Å². The Labute approximate surface area is 183 Å². The third kappa shape index (κ3) is 5.86. The van der Waals surface area contributed by atoms with Gasteiger partial charge in [0.05, 0.1) is 11.4 Å². The first-order valence-electron chi connectivity index (χ1n) is 10.3. The maximum atomic E-state index is 12.4. The number of nitriles is 1. The molecule has 1 aromatic carbocycles. The van der Waals surface area contributed by atoms with Gasteiger partial charge in [-0.1, -0.05) is 13.3 Å². The molecule has 0 unspecified atom stereocenters. The van der Waals surface area contributed by atoms with E-state index in [1.54, 1.807) is 6.92 Å². The molecule has 2 aromatic rings. The van der Waals surface area contributed by atoms with Crippen LogP contribution in [0.25, 0.3) is 0 Å². The number of azo groups is 1. The molecule has 0 aliphatic heterocycles. The summed E-state index contributed by atoms with van der Waals surface area (Å²) in [7, 11) is 0. The van der Waals surface area contributed by atoms with E-state index in [4.69, 9.17) is 0 Å². The zero-order valence-corrected chi connectivity index (χ0v) is 19.4. The van der Waals surface area contributed by atoms with E-state index in [1.165, 1.54) is 0 Å². The topological polar surface area (TPSA) is 93.7 Å². The minimum Gasteiger partial charge on any atom is -0.367 e. The molecule has 0 fully saturated rings. The maximum Gasteiger partial charge on any atom is 0.224 e. The number of unbranched alkanes of at least 4 members (excludes halogenated alkanes) is 1. The number of rotatable bonds is 9. The molecular weight excluding hydrogens is 396 g/mol. The molecule has 160 valence electrons. The quantitative estimate of drug-likeness (QED) is 0.464. The van der Waals surface area contributed by atoms with Gasteiger partial charge in [0.25, 0.3) is 0 Å². The van der Waals surface area contributed by atoms with Crippen molar-refractivity contribution in [2.24, 2.45) is 10.2 Å². The highest BCUT2D eigenvalue weighted by molar-refractivity contribution is 7.10. The van der Waals surface area contributed by atoms with E-state index < -0.39 is 0 Å². The van der Waals surface area contributed by atoms with Gasteiger partial charge in [-0.05, 0) is 70.8 Å². The third-order valence-electron chi connectivity index (χ3n) is 4.63. The van der Waals surface area contributed by atoms with Gasteiger partial charge in [0.1, 0.15) is 17.3 Å². The minimum atomic E-state index is -0.0440. The lowest BCUT2D eigenvalue weighted by Crippen LogP contribution is -2.37. The van der Waals surface area contributed by atoms with Gasteiger partial charge in [-0.3, -0.25) is 4.79 Å². The Morgan fingerprint density at radius 2 is 1.97 bits per heavy atom. The lowest BCUT2D eigenvalue weighted by Gasteiger charge is -2.33. The molecule has 0 radical (unpaired) electrons. The van der Waals surface area contributed by atoms with Gasteiger partial charge in [0, 0.05) is 24.2 Å². The molecule has 0 aliphatic carbocycles. The Balaban J connectivity index is 2.43. The number of hydrogen-bond acceptors (Lipinski definition) is 7. The minimum absolute atomic E-state index is 0.0440. The van der Waals surface area contributed by atoms with Crippen molar-refractivity contribution in [3.63, 3.8) is 0 Å². The van der Waals surface area contributed by atoms with E-state index >= 15 is 0 Å². The van der Waals surface area contributed by atoms with E-state index in [-0.39, 0.29) is 5.91 Å². The van der Waals surface area contributed by atoms with Crippen LogP contribution in [-0.2, 0) is 4.79 Å². The van der Waals surface area contributed by atoms with Crippen LogP contribution < -0.4 is 10.2 Å². The number of nitrogens with one attached hydrogen (secondary N) is 1. The van der Waals surface area contributed by atoms with Crippen molar-refractivity contribution >= 4 is 39.5 Å². The first-order chi connectivity index (χ1) is 14.3.